The maximum Gasteiger partial charge on any atom is 0.256 e. The summed E-state index contributed by atoms with van der Waals surface area (Å²) < 4.78 is 25.0. The molecule has 0 spiro atoms. The lowest BCUT2D eigenvalue weighted by atomic mass is 10.1. The molecule has 3 aromatic rings. The molecule has 0 atom stereocenters. The molecular formula is C21H19ClN2O4S. The van der Waals surface area contributed by atoms with Gasteiger partial charge in [-0.05, 0) is 42.3 Å². The topological polar surface area (TPSA) is 85.2 Å². The number of benzene rings is 2. The zero-order valence-electron chi connectivity index (χ0n) is 15.8. The maximum absolute atomic E-state index is 12.7. The highest BCUT2D eigenvalue weighted by atomic mass is 35.5. The first-order chi connectivity index (χ1) is 13.6. The van der Waals surface area contributed by atoms with Crippen LogP contribution in [-0.4, -0.2) is 25.1 Å². The summed E-state index contributed by atoms with van der Waals surface area (Å²) in [4.78, 5) is 25.0. The second-order valence-electron chi connectivity index (χ2n) is 6.68. The van der Waals surface area contributed by atoms with E-state index in [9.17, 15) is 18.0 Å². The number of amides is 1. The summed E-state index contributed by atoms with van der Waals surface area (Å²) in [6, 6.07) is 14.4. The van der Waals surface area contributed by atoms with Gasteiger partial charge in [0.05, 0.1) is 17.1 Å². The van der Waals surface area contributed by atoms with E-state index in [-0.39, 0.29) is 22.6 Å². The Bertz CT molecular complexity index is 1250. The Kier molecular flexibility index (Phi) is 5.91. The number of aromatic nitrogens is 1. The number of nitrogens with zero attached hydrogens (tertiary/aromatic N) is 1. The van der Waals surface area contributed by atoms with Crippen LogP contribution in [0.15, 0.2) is 70.5 Å². The number of sulfone groups is 1. The van der Waals surface area contributed by atoms with E-state index in [0.717, 1.165) is 11.8 Å². The first kappa shape index (κ1) is 20.8. The molecule has 29 heavy (non-hydrogen) atoms. The van der Waals surface area contributed by atoms with E-state index in [2.05, 4.69) is 5.32 Å². The van der Waals surface area contributed by atoms with Crippen molar-refractivity contribution in [3.63, 3.8) is 0 Å². The molecule has 0 radical (unpaired) electrons. The summed E-state index contributed by atoms with van der Waals surface area (Å²) in [7, 11) is -3.44. The number of hydrogen-bond donors (Lipinski definition) is 1. The number of anilines is 1. The highest BCUT2D eigenvalue weighted by molar-refractivity contribution is 7.90. The van der Waals surface area contributed by atoms with Gasteiger partial charge < -0.3 is 9.88 Å². The Morgan fingerprint density at radius 3 is 2.52 bits per heavy atom. The number of carbonyl (C=O) groups is 1. The molecule has 0 bridgehead atoms. The zero-order chi connectivity index (χ0) is 21.2. The average Bonchev–Trinajstić information content (AvgIpc) is 2.65. The molecule has 1 heterocycles. The minimum atomic E-state index is -3.44. The number of carbonyl (C=O) groups excluding carboxylic acids is 1. The van der Waals surface area contributed by atoms with E-state index < -0.39 is 15.7 Å². The first-order valence-electron chi connectivity index (χ1n) is 8.71. The minimum Gasteiger partial charge on any atom is -0.321 e. The third-order valence-corrected chi connectivity index (χ3v) is 5.90. The normalized spacial score (nSPS) is 11.3. The van der Waals surface area contributed by atoms with Gasteiger partial charge in [-0.1, -0.05) is 35.9 Å². The first-order valence-corrected chi connectivity index (χ1v) is 11.0. The van der Waals surface area contributed by atoms with E-state index >= 15 is 0 Å². The molecule has 0 fully saturated rings. The second-order valence-corrected chi connectivity index (χ2v) is 9.10. The van der Waals surface area contributed by atoms with Crippen LogP contribution in [0.1, 0.15) is 21.5 Å². The molecule has 0 unspecified atom stereocenters. The number of hydrogen-bond acceptors (Lipinski definition) is 4. The van der Waals surface area contributed by atoms with Gasteiger partial charge in [0.25, 0.3) is 11.5 Å². The number of rotatable bonds is 5. The van der Waals surface area contributed by atoms with Gasteiger partial charge in [-0.15, -0.1) is 0 Å². The van der Waals surface area contributed by atoms with Gasteiger partial charge in [0.1, 0.15) is 0 Å². The van der Waals surface area contributed by atoms with Crippen LogP contribution in [-0.2, 0) is 16.4 Å². The van der Waals surface area contributed by atoms with Crippen molar-refractivity contribution in [2.24, 2.45) is 0 Å². The number of aryl methyl sites for hydroxylation is 1. The van der Waals surface area contributed by atoms with Crippen molar-refractivity contribution in [2.45, 2.75) is 18.4 Å². The Balaban J connectivity index is 1.89. The molecule has 8 heteroatoms. The van der Waals surface area contributed by atoms with E-state index in [1.54, 1.807) is 25.1 Å². The molecule has 1 aromatic heterocycles. The SMILES string of the molecule is Cc1ccc(S(C)(=O)=O)cc1C(=O)Nc1ccc(=O)n(Cc2ccccc2Cl)c1. The Morgan fingerprint density at radius 2 is 1.83 bits per heavy atom. The molecule has 0 aliphatic rings. The molecule has 2 aromatic carbocycles. The number of nitrogens with one attached hydrogen (secondary N) is 1. The van der Waals surface area contributed by atoms with E-state index in [0.29, 0.717) is 16.3 Å². The number of halogens is 1. The van der Waals surface area contributed by atoms with E-state index in [1.165, 1.54) is 35.0 Å². The monoisotopic (exact) mass is 430 g/mol. The molecule has 1 amide bonds. The summed E-state index contributed by atoms with van der Waals surface area (Å²) in [6.07, 6.45) is 2.61. The average molecular weight is 431 g/mol. The van der Waals surface area contributed by atoms with Crippen LogP contribution in [0.2, 0.25) is 5.02 Å². The molecule has 0 saturated carbocycles. The predicted molar refractivity (Wildman–Crippen MR) is 113 cm³/mol. The van der Waals surface area contributed by atoms with Crippen molar-refractivity contribution < 1.29 is 13.2 Å². The lowest BCUT2D eigenvalue weighted by molar-refractivity contribution is 0.102. The summed E-state index contributed by atoms with van der Waals surface area (Å²) in [5, 5.41) is 3.26. The zero-order valence-corrected chi connectivity index (χ0v) is 17.4. The lowest BCUT2D eigenvalue weighted by Gasteiger charge is -2.12. The van der Waals surface area contributed by atoms with Crippen molar-refractivity contribution in [3.8, 4) is 0 Å². The molecule has 0 aliphatic carbocycles. The standard InChI is InChI=1S/C21H19ClN2O4S/c1-14-7-9-17(29(2,27)28)11-18(14)21(26)23-16-8-10-20(25)24(13-16)12-15-5-3-4-6-19(15)22/h3-11,13H,12H2,1-2H3,(H,23,26). The second kappa shape index (κ2) is 8.23. The van der Waals surface area contributed by atoms with Crippen LogP contribution >= 0.6 is 11.6 Å². The predicted octanol–water partition coefficient (Wildman–Crippen LogP) is 3.51. The van der Waals surface area contributed by atoms with Crippen molar-refractivity contribution in [3.05, 3.63) is 92.9 Å². The Morgan fingerprint density at radius 1 is 1.10 bits per heavy atom. The largest absolute Gasteiger partial charge is 0.321 e. The smallest absolute Gasteiger partial charge is 0.256 e. The van der Waals surface area contributed by atoms with Crippen molar-refractivity contribution in [1.29, 1.82) is 0 Å². The van der Waals surface area contributed by atoms with E-state index in [1.807, 2.05) is 12.1 Å². The quantitative estimate of drug-likeness (QED) is 0.671. The van der Waals surface area contributed by atoms with Gasteiger partial charge in [-0.25, -0.2) is 8.42 Å². The van der Waals surface area contributed by atoms with Crippen molar-refractivity contribution in [1.82, 2.24) is 4.57 Å². The van der Waals surface area contributed by atoms with Crippen LogP contribution in [0.5, 0.6) is 0 Å². The summed E-state index contributed by atoms with van der Waals surface area (Å²) in [6.45, 7) is 1.98. The molecular weight excluding hydrogens is 412 g/mol. The van der Waals surface area contributed by atoms with Crippen LogP contribution in [0.4, 0.5) is 5.69 Å². The third-order valence-electron chi connectivity index (χ3n) is 4.42. The highest BCUT2D eigenvalue weighted by Crippen LogP contribution is 2.19. The van der Waals surface area contributed by atoms with Crippen molar-refractivity contribution in [2.75, 3.05) is 11.6 Å². The summed E-state index contributed by atoms with van der Waals surface area (Å²) in [5.41, 5.74) is 1.83. The van der Waals surface area contributed by atoms with Crippen LogP contribution < -0.4 is 10.9 Å². The minimum absolute atomic E-state index is 0.0666. The fraction of sp³-hybridized carbons (Fsp3) is 0.143. The molecule has 1 N–H and O–H groups in total. The highest BCUT2D eigenvalue weighted by Gasteiger charge is 2.15. The summed E-state index contributed by atoms with van der Waals surface area (Å²) >= 11 is 6.17. The fourth-order valence-electron chi connectivity index (χ4n) is 2.81. The van der Waals surface area contributed by atoms with Gasteiger partial charge >= 0.3 is 0 Å². The van der Waals surface area contributed by atoms with Crippen LogP contribution in [0.3, 0.4) is 0 Å². The lowest BCUT2D eigenvalue weighted by Crippen LogP contribution is -2.21. The summed E-state index contributed by atoms with van der Waals surface area (Å²) in [5.74, 6) is -0.462. The molecule has 0 saturated heterocycles. The Labute approximate surface area is 173 Å². The Hall–Kier alpha value is -2.90. The molecule has 0 aliphatic heterocycles. The fourth-order valence-corrected chi connectivity index (χ4v) is 3.66. The third kappa shape index (κ3) is 4.93. The van der Waals surface area contributed by atoms with Crippen LogP contribution in [0.25, 0.3) is 0 Å². The molecule has 150 valence electrons. The van der Waals surface area contributed by atoms with Gasteiger partial charge in [0.2, 0.25) is 0 Å². The van der Waals surface area contributed by atoms with Crippen LogP contribution in [0, 0.1) is 6.92 Å². The van der Waals surface area contributed by atoms with Gasteiger partial charge in [-0.3, -0.25) is 9.59 Å². The van der Waals surface area contributed by atoms with Gasteiger partial charge in [-0.2, -0.15) is 0 Å². The molecule has 6 nitrogen and oxygen atoms in total. The van der Waals surface area contributed by atoms with Gasteiger partial charge in [0.15, 0.2) is 9.84 Å². The van der Waals surface area contributed by atoms with Gasteiger partial charge in [0, 0.05) is 29.1 Å². The number of pyridine rings is 1. The van der Waals surface area contributed by atoms with Crippen molar-refractivity contribution >= 4 is 33.0 Å². The maximum atomic E-state index is 12.7. The molecule has 3 rings (SSSR count). The van der Waals surface area contributed by atoms with E-state index in [4.69, 9.17) is 11.6 Å².